The van der Waals surface area contributed by atoms with Crippen LogP contribution in [0, 0.1) is 29.6 Å². The Balaban J connectivity index is 1.63. The molecule has 3 aliphatic carbocycles. The second-order valence-corrected chi connectivity index (χ2v) is 8.00. The molecule has 19 heavy (non-hydrogen) atoms. The van der Waals surface area contributed by atoms with Crippen molar-refractivity contribution in [1.29, 1.82) is 0 Å². The summed E-state index contributed by atoms with van der Waals surface area (Å²) in [6.45, 7) is 2.58. The average molecular weight is 262 g/mol. The first-order chi connectivity index (χ1) is 9.34. The van der Waals surface area contributed by atoms with Gasteiger partial charge < -0.3 is 0 Å². The van der Waals surface area contributed by atoms with Crippen molar-refractivity contribution in [3.05, 3.63) is 0 Å². The van der Waals surface area contributed by atoms with E-state index in [1.54, 1.807) is 51.4 Å². The van der Waals surface area contributed by atoms with Crippen LogP contribution in [-0.2, 0) is 0 Å². The summed E-state index contributed by atoms with van der Waals surface area (Å²) in [5.41, 5.74) is 0. The molecule has 0 aromatic heterocycles. The predicted molar refractivity (Wildman–Crippen MR) is 83.1 cm³/mol. The zero-order chi connectivity index (χ0) is 13.1. The monoisotopic (exact) mass is 262 g/mol. The van der Waals surface area contributed by atoms with Gasteiger partial charge in [-0.25, -0.2) is 0 Å². The van der Waals surface area contributed by atoms with E-state index in [9.17, 15) is 0 Å². The third kappa shape index (κ3) is 3.37. The van der Waals surface area contributed by atoms with E-state index in [0.717, 1.165) is 29.6 Å². The van der Waals surface area contributed by atoms with Crippen LogP contribution in [0.2, 0.25) is 0 Å². The molecule has 0 N–H and O–H groups in total. The zero-order valence-electron chi connectivity index (χ0n) is 13.1. The van der Waals surface area contributed by atoms with Crippen molar-refractivity contribution >= 4 is 0 Å². The Morgan fingerprint density at radius 1 is 0.474 bits per heavy atom. The molecule has 0 amide bonds. The number of hydrogen-bond acceptors (Lipinski definition) is 0. The Morgan fingerprint density at radius 3 is 1.79 bits per heavy atom. The van der Waals surface area contributed by atoms with Crippen LogP contribution in [0.4, 0.5) is 0 Å². The Kier molecular flexibility index (Phi) is 4.87. The Morgan fingerprint density at radius 2 is 1.05 bits per heavy atom. The summed E-state index contributed by atoms with van der Waals surface area (Å²) in [4.78, 5) is 0. The van der Waals surface area contributed by atoms with Crippen molar-refractivity contribution in [1.82, 2.24) is 0 Å². The van der Waals surface area contributed by atoms with Crippen molar-refractivity contribution in [3.63, 3.8) is 0 Å². The first-order valence-electron chi connectivity index (χ1n) is 9.34. The third-order valence-electron chi connectivity index (χ3n) is 6.91. The Bertz CT molecular complexity index is 263. The molecule has 3 fully saturated rings. The molecule has 0 spiro atoms. The van der Waals surface area contributed by atoms with Gasteiger partial charge in [0.1, 0.15) is 0 Å². The third-order valence-corrected chi connectivity index (χ3v) is 6.91. The van der Waals surface area contributed by atoms with Crippen molar-refractivity contribution in [2.24, 2.45) is 29.6 Å². The number of fused-ring (bicyclic) bond motifs is 1. The van der Waals surface area contributed by atoms with E-state index in [2.05, 4.69) is 6.92 Å². The summed E-state index contributed by atoms with van der Waals surface area (Å²) in [6.07, 6.45) is 20.1. The van der Waals surface area contributed by atoms with Crippen LogP contribution in [0.25, 0.3) is 0 Å². The molecule has 0 nitrogen and oxygen atoms in total. The smallest absolute Gasteiger partial charge is 0.0360 e. The number of hydrogen-bond donors (Lipinski definition) is 0. The molecular weight excluding hydrogens is 228 g/mol. The van der Waals surface area contributed by atoms with Gasteiger partial charge in [0.25, 0.3) is 0 Å². The van der Waals surface area contributed by atoms with Gasteiger partial charge in [-0.1, -0.05) is 77.6 Å². The minimum Gasteiger partial charge on any atom is -0.0622 e. The molecule has 0 bridgehead atoms. The van der Waals surface area contributed by atoms with E-state index in [0.29, 0.717) is 0 Å². The highest BCUT2D eigenvalue weighted by Crippen LogP contribution is 2.45. The van der Waals surface area contributed by atoms with Gasteiger partial charge >= 0.3 is 0 Å². The fourth-order valence-electron chi connectivity index (χ4n) is 5.74. The minimum atomic E-state index is 1.02. The maximum atomic E-state index is 2.58. The molecule has 0 heteroatoms. The van der Waals surface area contributed by atoms with E-state index in [4.69, 9.17) is 0 Å². The van der Waals surface area contributed by atoms with Crippen LogP contribution < -0.4 is 0 Å². The van der Waals surface area contributed by atoms with Crippen LogP contribution in [-0.4, -0.2) is 0 Å². The van der Waals surface area contributed by atoms with Gasteiger partial charge in [-0.05, 0) is 42.4 Å². The van der Waals surface area contributed by atoms with Gasteiger partial charge in [0.05, 0.1) is 0 Å². The van der Waals surface area contributed by atoms with E-state index in [1.807, 2.05) is 0 Å². The molecule has 0 saturated heterocycles. The SMILES string of the molecule is CC1CCCC2CCCC2CCC1C1CCCCC1. The summed E-state index contributed by atoms with van der Waals surface area (Å²) >= 11 is 0. The predicted octanol–water partition coefficient (Wildman–Crippen LogP) is 6.20. The molecule has 0 aromatic rings. The Hall–Kier alpha value is 0. The summed E-state index contributed by atoms with van der Waals surface area (Å²) in [6, 6.07) is 0. The minimum absolute atomic E-state index is 1.02. The van der Waals surface area contributed by atoms with Gasteiger partial charge in [-0.15, -0.1) is 0 Å². The van der Waals surface area contributed by atoms with E-state index >= 15 is 0 Å². The Labute approximate surface area is 120 Å². The largest absolute Gasteiger partial charge is 0.0622 e. The highest BCUT2D eigenvalue weighted by atomic mass is 14.4. The summed E-state index contributed by atoms with van der Waals surface area (Å²) in [5, 5.41) is 0. The van der Waals surface area contributed by atoms with Crippen molar-refractivity contribution in [2.75, 3.05) is 0 Å². The second kappa shape index (κ2) is 6.64. The standard InChI is InChI=1S/C19H34/c1-15-7-5-10-16-11-6-12-17(16)13-14-19(15)18-8-3-2-4-9-18/h15-19H,2-14H2,1H3. The fourth-order valence-corrected chi connectivity index (χ4v) is 5.74. The summed E-state index contributed by atoms with van der Waals surface area (Å²) < 4.78 is 0. The molecule has 3 saturated carbocycles. The molecule has 0 aromatic carbocycles. The van der Waals surface area contributed by atoms with Gasteiger partial charge in [0, 0.05) is 0 Å². The first kappa shape index (κ1) is 14.0. The molecule has 110 valence electrons. The van der Waals surface area contributed by atoms with Crippen LogP contribution >= 0.6 is 0 Å². The summed E-state index contributed by atoms with van der Waals surface area (Å²) in [7, 11) is 0. The highest BCUT2D eigenvalue weighted by molar-refractivity contribution is 4.84. The first-order valence-corrected chi connectivity index (χ1v) is 9.34. The molecule has 0 heterocycles. The lowest BCUT2D eigenvalue weighted by atomic mass is 9.71. The van der Waals surface area contributed by atoms with Gasteiger partial charge in [0.2, 0.25) is 0 Å². The quantitative estimate of drug-likeness (QED) is 0.528. The van der Waals surface area contributed by atoms with Crippen molar-refractivity contribution in [3.8, 4) is 0 Å². The maximum Gasteiger partial charge on any atom is -0.0360 e. The van der Waals surface area contributed by atoms with Crippen molar-refractivity contribution < 1.29 is 0 Å². The van der Waals surface area contributed by atoms with E-state index in [-0.39, 0.29) is 0 Å². The van der Waals surface area contributed by atoms with Crippen molar-refractivity contribution in [2.45, 2.75) is 90.4 Å². The molecule has 4 atom stereocenters. The summed E-state index contributed by atoms with van der Waals surface area (Å²) in [5.74, 6) is 5.44. The molecule has 3 aliphatic rings. The maximum absolute atomic E-state index is 2.58. The molecular formula is C19H34. The van der Waals surface area contributed by atoms with Gasteiger partial charge in [0.15, 0.2) is 0 Å². The van der Waals surface area contributed by atoms with Crippen LogP contribution in [0.15, 0.2) is 0 Å². The molecule has 0 radical (unpaired) electrons. The van der Waals surface area contributed by atoms with Crippen LogP contribution in [0.3, 0.4) is 0 Å². The molecule has 0 aliphatic heterocycles. The zero-order valence-corrected chi connectivity index (χ0v) is 13.1. The van der Waals surface area contributed by atoms with Gasteiger partial charge in [-0.2, -0.15) is 0 Å². The lowest BCUT2D eigenvalue weighted by molar-refractivity contribution is 0.162. The molecule has 4 unspecified atom stereocenters. The normalized spacial score (nSPS) is 42.2. The lowest BCUT2D eigenvalue weighted by Crippen LogP contribution is -2.24. The fraction of sp³-hybridized carbons (Fsp3) is 1.00. The highest BCUT2D eigenvalue weighted by Gasteiger charge is 2.33. The van der Waals surface area contributed by atoms with Crippen LogP contribution in [0.1, 0.15) is 90.4 Å². The number of rotatable bonds is 1. The second-order valence-electron chi connectivity index (χ2n) is 8.00. The molecule has 3 rings (SSSR count). The topological polar surface area (TPSA) is 0 Å². The van der Waals surface area contributed by atoms with E-state index < -0.39 is 0 Å². The van der Waals surface area contributed by atoms with E-state index in [1.165, 1.54) is 32.1 Å². The van der Waals surface area contributed by atoms with Crippen LogP contribution in [0.5, 0.6) is 0 Å². The lowest BCUT2D eigenvalue weighted by Gasteiger charge is -2.35. The average Bonchev–Trinajstić information content (AvgIpc) is 2.89. The van der Waals surface area contributed by atoms with Gasteiger partial charge in [-0.3, -0.25) is 0 Å².